The molecule has 2 aromatic carbocycles. The van der Waals surface area contributed by atoms with E-state index in [4.69, 9.17) is 0 Å². The van der Waals surface area contributed by atoms with Gasteiger partial charge >= 0.3 is 0 Å². The summed E-state index contributed by atoms with van der Waals surface area (Å²) in [5, 5.41) is 4.24. The lowest BCUT2D eigenvalue weighted by atomic mass is 9.97. The molecular weight excluding hydrogens is 372 g/mol. The predicted octanol–water partition coefficient (Wildman–Crippen LogP) is 3.32. The highest BCUT2D eigenvalue weighted by Crippen LogP contribution is 2.21. The molecule has 0 radical (unpaired) electrons. The van der Waals surface area contributed by atoms with Crippen LogP contribution in [-0.2, 0) is 21.4 Å². The van der Waals surface area contributed by atoms with E-state index in [1.54, 1.807) is 6.08 Å². The van der Waals surface area contributed by atoms with Crippen LogP contribution in [0.15, 0.2) is 60.0 Å². The Bertz CT molecular complexity index is 931. The number of hydrogen-bond acceptors (Lipinski definition) is 3. The van der Waals surface area contributed by atoms with E-state index >= 15 is 0 Å². The molecule has 1 fully saturated rings. The molecule has 0 atom stereocenters. The minimum Gasteiger partial charge on any atom is -0.352 e. The van der Waals surface area contributed by atoms with E-state index in [0.717, 1.165) is 16.7 Å². The molecule has 1 amide bonds. The van der Waals surface area contributed by atoms with Crippen LogP contribution in [0.4, 0.5) is 0 Å². The van der Waals surface area contributed by atoms with Gasteiger partial charge in [-0.1, -0.05) is 54.6 Å². The van der Waals surface area contributed by atoms with E-state index in [1.807, 2.05) is 61.5 Å². The quantitative estimate of drug-likeness (QED) is 0.812. The van der Waals surface area contributed by atoms with Crippen LogP contribution >= 0.6 is 0 Å². The maximum Gasteiger partial charge on any atom is 0.236 e. The lowest BCUT2D eigenvalue weighted by molar-refractivity contribution is -0.126. The molecule has 1 N–H and O–H groups in total. The predicted molar refractivity (Wildman–Crippen MR) is 112 cm³/mol. The van der Waals surface area contributed by atoms with Gasteiger partial charge in [0, 0.05) is 31.0 Å². The third-order valence-electron chi connectivity index (χ3n) is 5.13. The molecule has 0 bridgehead atoms. The van der Waals surface area contributed by atoms with Crippen molar-refractivity contribution in [3.63, 3.8) is 0 Å². The molecule has 2 aromatic rings. The van der Waals surface area contributed by atoms with E-state index in [9.17, 15) is 13.2 Å². The summed E-state index contributed by atoms with van der Waals surface area (Å²) in [6, 6.07) is 17.3. The van der Waals surface area contributed by atoms with Crippen molar-refractivity contribution in [3.8, 4) is 0 Å². The highest BCUT2D eigenvalue weighted by molar-refractivity contribution is 7.92. The average molecular weight is 399 g/mol. The third kappa shape index (κ3) is 5.30. The number of nitrogens with one attached hydrogen (secondary N) is 1. The van der Waals surface area contributed by atoms with Crippen molar-refractivity contribution in [2.24, 2.45) is 5.92 Å². The first-order valence-corrected chi connectivity index (χ1v) is 11.0. The molecule has 148 valence electrons. The number of aryl methyl sites for hydroxylation is 1. The number of amides is 1. The molecule has 3 rings (SSSR count). The molecule has 0 aromatic heterocycles. The Labute approximate surface area is 167 Å². The molecule has 1 saturated heterocycles. The number of hydrogen-bond donors (Lipinski definition) is 1. The molecule has 6 heteroatoms. The van der Waals surface area contributed by atoms with Crippen molar-refractivity contribution in [3.05, 3.63) is 76.7 Å². The Balaban J connectivity index is 1.51. The maximum atomic E-state index is 12.5. The van der Waals surface area contributed by atoms with Crippen LogP contribution in [0.1, 0.15) is 29.5 Å². The van der Waals surface area contributed by atoms with Gasteiger partial charge in [0.2, 0.25) is 15.9 Å². The highest BCUT2D eigenvalue weighted by Gasteiger charge is 2.29. The van der Waals surface area contributed by atoms with Crippen molar-refractivity contribution < 1.29 is 13.2 Å². The Morgan fingerprint density at radius 1 is 1.07 bits per heavy atom. The minimum atomic E-state index is -3.47. The second kappa shape index (κ2) is 9.17. The number of carbonyl (C=O) groups excluding carboxylic acids is 1. The molecule has 28 heavy (non-hydrogen) atoms. The molecule has 0 unspecified atom stereocenters. The Hall–Kier alpha value is -2.44. The fraction of sp³-hybridized carbons (Fsp3) is 0.318. The molecule has 0 spiro atoms. The summed E-state index contributed by atoms with van der Waals surface area (Å²) in [6.45, 7) is 3.26. The van der Waals surface area contributed by atoms with Crippen LogP contribution in [0.2, 0.25) is 0 Å². The van der Waals surface area contributed by atoms with Gasteiger partial charge in [0.1, 0.15) is 0 Å². The zero-order valence-corrected chi connectivity index (χ0v) is 16.9. The number of sulfonamides is 1. The van der Waals surface area contributed by atoms with Gasteiger partial charge in [-0.3, -0.25) is 4.79 Å². The van der Waals surface area contributed by atoms with E-state index in [-0.39, 0.29) is 11.8 Å². The molecule has 5 nitrogen and oxygen atoms in total. The molecular formula is C22H26N2O3S. The summed E-state index contributed by atoms with van der Waals surface area (Å²) in [6.07, 6.45) is 2.69. The normalized spacial score (nSPS) is 16.3. The Morgan fingerprint density at radius 3 is 2.39 bits per heavy atom. The molecule has 0 saturated carbocycles. The molecule has 1 heterocycles. The summed E-state index contributed by atoms with van der Waals surface area (Å²) < 4.78 is 26.5. The van der Waals surface area contributed by atoms with Crippen LogP contribution < -0.4 is 5.32 Å². The standard InChI is InChI=1S/C22H26N2O3S/c1-18-7-5-6-10-21(18)17-23-22(25)20-11-14-24(15-12-20)28(26,27)16-13-19-8-3-2-4-9-19/h2-10,13,16,20H,11-12,14-15,17H2,1H3,(H,23,25). The van der Waals surface area contributed by atoms with E-state index in [0.29, 0.717) is 32.5 Å². The summed E-state index contributed by atoms with van der Waals surface area (Å²) in [5.74, 6) is -0.145. The summed E-state index contributed by atoms with van der Waals surface area (Å²) >= 11 is 0. The van der Waals surface area contributed by atoms with Gasteiger partial charge in [0.15, 0.2) is 0 Å². The third-order valence-corrected chi connectivity index (χ3v) is 6.70. The smallest absolute Gasteiger partial charge is 0.236 e. The largest absolute Gasteiger partial charge is 0.352 e. The summed E-state index contributed by atoms with van der Waals surface area (Å²) in [4.78, 5) is 12.5. The first-order valence-electron chi connectivity index (χ1n) is 9.51. The van der Waals surface area contributed by atoms with Crippen molar-refractivity contribution in [1.29, 1.82) is 0 Å². The number of carbonyl (C=O) groups is 1. The van der Waals surface area contributed by atoms with Crippen LogP contribution in [0, 0.1) is 12.8 Å². The fourth-order valence-electron chi connectivity index (χ4n) is 3.32. The van der Waals surface area contributed by atoms with Crippen molar-refractivity contribution in [2.45, 2.75) is 26.3 Å². The van der Waals surface area contributed by atoms with Gasteiger partial charge in [0.05, 0.1) is 0 Å². The van der Waals surface area contributed by atoms with Crippen LogP contribution in [0.5, 0.6) is 0 Å². The summed E-state index contributed by atoms with van der Waals surface area (Å²) in [7, 11) is -3.47. The van der Waals surface area contributed by atoms with Gasteiger partial charge in [-0.05, 0) is 42.5 Å². The Kier molecular flexibility index (Phi) is 6.65. The number of benzene rings is 2. The monoisotopic (exact) mass is 398 g/mol. The fourth-order valence-corrected chi connectivity index (χ4v) is 4.54. The summed E-state index contributed by atoms with van der Waals surface area (Å²) in [5.41, 5.74) is 3.09. The van der Waals surface area contributed by atoms with Crippen LogP contribution in [-0.4, -0.2) is 31.7 Å². The first-order chi connectivity index (χ1) is 13.5. The van der Waals surface area contributed by atoms with E-state index in [1.165, 1.54) is 9.71 Å². The second-order valence-corrected chi connectivity index (χ2v) is 8.89. The lowest BCUT2D eigenvalue weighted by Crippen LogP contribution is -2.42. The first kappa shape index (κ1) is 20.3. The zero-order chi connectivity index (χ0) is 20.0. The SMILES string of the molecule is Cc1ccccc1CNC(=O)C1CCN(S(=O)(=O)C=Cc2ccccc2)CC1. The average Bonchev–Trinajstić information content (AvgIpc) is 2.72. The van der Waals surface area contributed by atoms with Crippen molar-refractivity contribution >= 4 is 22.0 Å². The van der Waals surface area contributed by atoms with Gasteiger partial charge in [-0.15, -0.1) is 0 Å². The topological polar surface area (TPSA) is 66.5 Å². The molecule has 0 aliphatic carbocycles. The maximum absolute atomic E-state index is 12.5. The van der Waals surface area contributed by atoms with Gasteiger partial charge < -0.3 is 5.32 Å². The number of rotatable bonds is 6. The second-order valence-electron chi connectivity index (χ2n) is 7.08. The minimum absolute atomic E-state index is 0.000119. The molecule has 1 aliphatic rings. The van der Waals surface area contributed by atoms with E-state index in [2.05, 4.69) is 5.32 Å². The van der Waals surface area contributed by atoms with Crippen molar-refractivity contribution in [1.82, 2.24) is 9.62 Å². The lowest BCUT2D eigenvalue weighted by Gasteiger charge is -2.29. The van der Waals surface area contributed by atoms with Gasteiger partial charge in [0.25, 0.3) is 0 Å². The Morgan fingerprint density at radius 2 is 1.71 bits per heavy atom. The van der Waals surface area contributed by atoms with E-state index < -0.39 is 10.0 Å². The zero-order valence-electron chi connectivity index (χ0n) is 16.0. The van der Waals surface area contributed by atoms with Gasteiger partial charge in [-0.2, -0.15) is 4.31 Å². The van der Waals surface area contributed by atoms with Gasteiger partial charge in [-0.25, -0.2) is 8.42 Å². The van der Waals surface area contributed by atoms with Crippen molar-refractivity contribution in [2.75, 3.05) is 13.1 Å². The number of piperidine rings is 1. The molecule has 1 aliphatic heterocycles. The van der Waals surface area contributed by atoms with Crippen LogP contribution in [0.25, 0.3) is 6.08 Å². The highest BCUT2D eigenvalue weighted by atomic mass is 32.2. The number of nitrogens with zero attached hydrogens (tertiary/aromatic N) is 1. The van der Waals surface area contributed by atoms with Crippen LogP contribution in [0.3, 0.4) is 0 Å².